The fourth-order valence-electron chi connectivity index (χ4n) is 2.41. The highest BCUT2D eigenvalue weighted by Crippen LogP contribution is 2.43. The maximum atomic E-state index is 10.7. The summed E-state index contributed by atoms with van der Waals surface area (Å²) in [6, 6.07) is 6.13. The lowest BCUT2D eigenvalue weighted by Gasteiger charge is -2.21. The fourth-order valence-corrected chi connectivity index (χ4v) is 4.53. The van der Waals surface area contributed by atoms with Gasteiger partial charge < -0.3 is 10.2 Å². The Morgan fingerprint density at radius 1 is 0.952 bits per heavy atom. The van der Waals surface area contributed by atoms with Gasteiger partial charge in [0.1, 0.15) is 5.75 Å². The number of hydrogen-bond acceptors (Lipinski definition) is 4. The van der Waals surface area contributed by atoms with Crippen LogP contribution in [0.5, 0.6) is 5.75 Å². The third-order valence-corrected chi connectivity index (χ3v) is 6.51. The lowest BCUT2D eigenvalue weighted by Crippen LogP contribution is -2.01. The van der Waals surface area contributed by atoms with Gasteiger partial charge in [-0.1, -0.05) is 39.0 Å². The minimum atomic E-state index is 0.186. The van der Waals surface area contributed by atoms with Gasteiger partial charge in [-0.05, 0) is 25.0 Å². The maximum absolute atomic E-state index is 10.7. The van der Waals surface area contributed by atoms with Crippen molar-refractivity contribution in [2.75, 3.05) is 18.1 Å². The smallest absolute Gasteiger partial charge is 0.124 e. The molecule has 0 heterocycles. The summed E-state index contributed by atoms with van der Waals surface area (Å²) in [5.41, 5.74) is 2.08. The highest BCUT2D eigenvalue weighted by molar-refractivity contribution is 7.99. The summed E-state index contributed by atoms with van der Waals surface area (Å²) in [7, 11) is 0. The van der Waals surface area contributed by atoms with Crippen LogP contribution >= 0.6 is 23.5 Å². The summed E-state index contributed by atoms with van der Waals surface area (Å²) in [5.74, 6) is 2.30. The highest BCUT2D eigenvalue weighted by atomic mass is 32.2. The van der Waals surface area contributed by atoms with Gasteiger partial charge in [0.2, 0.25) is 0 Å². The molecule has 2 nitrogen and oxygen atoms in total. The van der Waals surface area contributed by atoms with Crippen molar-refractivity contribution in [3.05, 3.63) is 29.3 Å². The molecule has 0 aliphatic rings. The van der Waals surface area contributed by atoms with E-state index >= 15 is 0 Å². The van der Waals surface area contributed by atoms with E-state index in [1.807, 2.05) is 17.8 Å². The van der Waals surface area contributed by atoms with Crippen LogP contribution in [-0.4, -0.2) is 28.3 Å². The van der Waals surface area contributed by atoms with Crippen LogP contribution < -0.4 is 0 Å². The van der Waals surface area contributed by atoms with Crippen molar-refractivity contribution in [1.82, 2.24) is 0 Å². The van der Waals surface area contributed by atoms with Crippen molar-refractivity contribution in [3.63, 3.8) is 0 Å². The minimum absolute atomic E-state index is 0.186. The van der Waals surface area contributed by atoms with Crippen LogP contribution in [-0.2, 0) is 0 Å². The zero-order chi connectivity index (χ0) is 15.7. The molecule has 0 bridgehead atoms. The van der Waals surface area contributed by atoms with Gasteiger partial charge in [0.05, 0.1) is 6.61 Å². The molecule has 4 heteroatoms. The first kappa shape index (κ1) is 18.7. The third-order valence-electron chi connectivity index (χ3n) is 3.47. The Kier molecular flexibility index (Phi) is 9.29. The molecule has 120 valence electrons. The number of aliphatic hydroxyl groups is 1. The highest BCUT2D eigenvalue weighted by Gasteiger charge is 2.20. The van der Waals surface area contributed by atoms with Crippen LogP contribution in [0.2, 0.25) is 0 Å². The first-order valence-corrected chi connectivity index (χ1v) is 9.95. The van der Waals surface area contributed by atoms with Gasteiger partial charge in [0.15, 0.2) is 0 Å². The van der Waals surface area contributed by atoms with Gasteiger partial charge in [-0.15, -0.1) is 0 Å². The van der Waals surface area contributed by atoms with Crippen LogP contribution in [0.3, 0.4) is 0 Å². The summed E-state index contributed by atoms with van der Waals surface area (Å²) >= 11 is 3.65. The van der Waals surface area contributed by atoms with E-state index in [-0.39, 0.29) is 11.9 Å². The lowest BCUT2D eigenvalue weighted by molar-refractivity contribution is 0.322. The average molecular weight is 329 g/mol. The molecule has 0 radical (unpaired) electrons. The zero-order valence-corrected chi connectivity index (χ0v) is 15.0. The zero-order valence-electron chi connectivity index (χ0n) is 13.3. The normalized spacial score (nSPS) is 14.1. The number of thioether (sulfide) groups is 2. The van der Waals surface area contributed by atoms with Crippen molar-refractivity contribution < 1.29 is 10.2 Å². The number of phenols is 1. The van der Waals surface area contributed by atoms with E-state index in [1.165, 1.54) is 0 Å². The number of benzene rings is 1. The molecule has 21 heavy (non-hydrogen) atoms. The molecule has 0 aliphatic heterocycles. The second-order valence-corrected chi connectivity index (χ2v) is 7.67. The van der Waals surface area contributed by atoms with Gasteiger partial charge in [-0.25, -0.2) is 0 Å². The molecular weight excluding hydrogens is 300 g/mol. The average Bonchev–Trinajstić information content (AvgIpc) is 2.51. The Labute approximate surface area is 137 Å². The Morgan fingerprint density at radius 2 is 1.48 bits per heavy atom. The van der Waals surface area contributed by atoms with E-state index in [9.17, 15) is 5.11 Å². The predicted molar refractivity (Wildman–Crippen MR) is 96.5 cm³/mol. The number of para-hydroxylation sites is 1. The van der Waals surface area contributed by atoms with Crippen LogP contribution in [0.25, 0.3) is 0 Å². The van der Waals surface area contributed by atoms with Crippen LogP contribution in [0.15, 0.2) is 18.2 Å². The van der Waals surface area contributed by atoms with Crippen molar-refractivity contribution in [2.24, 2.45) is 0 Å². The quantitative estimate of drug-likeness (QED) is 0.622. The van der Waals surface area contributed by atoms with E-state index in [4.69, 9.17) is 5.11 Å². The minimum Gasteiger partial charge on any atom is -0.507 e. The fraction of sp³-hybridized carbons (Fsp3) is 0.647. The second kappa shape index (κ2) is 10.4. The van der Waals surface area contributed by atoms with Gasteiger partial charge in [0, 0.05) is 27.4 Å². The molecule has 0 saturated carbocycles. The molecule has 2 unspecified atom stereocenters. The standard InChI is InChI=1S/C17H28O2S2/c1-4-11-20-15(5-2)13-8-7-9-14(17(13)19)16(6-3)21-12-10-18/h7-9,15-16,18-19H,4-6,10-12H2,1-3H3. The largest absolute Gasteiger partial charge is 0.507 e. The molecule has 0 spiro atoms. The van der Waals surface area contributed by atoms with Crippen molar-refractivity contribution in [3.8, 4) is 5.75 Å². The molecule has 0 fully saturated rings. The second-order valence-electron chi connectivity index (χ2n) is 5.04. The van der Waals surface area contributed by atoms with Gasteiger partial charge in [-0.2, -0.15) is 23.5 Å². The molecule has 2 atom stereocenters. The molecule has 1 aromatic carbocycles. The van der Waals surface area contributed by atoms with E-state index in [0.29, 0.717) is 16.8 Å². The van der Waals surface area contributed by atoms with Crippen LogP contribution in [0, 0.1) is 0 Å². The Balaban J connectivity index is 2.99. The molecule has 0 aromatic heterocycles. The summed E-state index contributed by atoms with van der Waals surface area (Å²) in [6.45, 7) is 6.68. The molecular formula is C17H28O2S2. The van der Waals surface area contributed by atoms with Crippen molar-refractivity contribution in [1.29, 1.82) is 0 Å². The third kappa shape index (κ3) is 5.42. The van der Waals surface area contributed by atoms with Crippen molar-refractivity contribution in [2.45, 2.75) is 50.5 Å². The van der Waals surface area contributed by atoms with Gasteiger partial charge >= 0.3 is 0 Å². The van der Waals surface area contributed by atoms with E-state index in [0.717, 1.165) is 36.1 Å². The SMILES string of the molecule is CCCSC(CC)c1cccc(C(CC)SCCO)c1O. The number of hydrogen-bond donors (Lipinski definition) is 2. The number of phenolic OH excluding ortho intramolecular Hbond substituents is 1. The van der Waals surface area contributed by atoms with E-state index in [1.54, 1.807) is 11.8 Å². The van der Waals surface area contributed by atoms with Crippen molar-refractivity contribution >= 4 is 23.5 Å². The molecule has 0 amide bonds. The number of aromatic hydroxyl groups is 1. The molecule has 0 saturated heterocycles. The summed E-state index contributed by atoms with van der Waals surface area (Å²) in [6.07, 6.45) is 3.15. The number of aliphatic hydroxyl groups excluding tert-OH is 1. The Morgan fingerprint density at radius 3 is 1.90 bits per heavy atom. The van der Waals surface area contributed by atoms with Gasteiger partial charge in [-0.3, -0.25) is 0 Å². The van der Waals surface area contributed by atoms with E-state index < -0.39 is 0 Å². The first-order valence-electron chi connectivity index (χ1n) is 7.85. The Hall–Kier alpha value is -0.320. The van der Waals surface area contributed by atoms with E-state index in [2.05, 4.69) is 32.9 Å². The van der Waals surface area contributed by atoms with Gasteiger partial charge in [0.25, 0.3) is 0 Å². The topological polar surface area (TPSA) is 40.5 Å². The number of rotatable bonds is 10. The summed E-state index contributed by atoms with van der Waals surface area (Å²) < 4.78 is 0. The molecule has 1 rings (SSSR count). The first-order chi connectivity index (χ1) is 10.2. The maximum Gasteiger partial charge on any atom is 0.124 e. The summed E-state index contributed by atoms with van der Waals surface area (Å²) in [4.78, 5) is 0. The summed E-state index contributed by atoms with van der Waals surface area (Å²) in [5, 5.41) is 20.3. The molecule has 1 aromatic rings. The monoisotopic (exact) mass is 328 g/mol. The molecule has 0 aliphatic carbocycles. The predicted octanol–water partition coefficient (Wildman–Crippen LogP) is 5.16. The Bertz CT molecular complexity index is 376. The molecule has 2 N–H and O–H groups in total. The lowest BCUT2D eigenvalue weighted by atomic mass is 10.0. The van der Waals surface area contributed by atoms with Crippen LogP contribution in [0.1, 0.15) is 61.7 Å². The van der Waals surface area contributed by atoms with Crippen LogP contribution in [0.4, 0.5) is 0 Å².